The number of anilines is 1. The molecule has 0 amide bonds. The summed E-state index contributed by atoms with van der Waals surface area (Å²) in [6.07, 6.45) is 1.20. The number of H-pyrrole nitrogens is 1. The number of carbonyl (C=O) groups is 1. The Kier molecular flexibility index (Phi) is 5.54. The van der Waals surface area contributed by atoms with Gasteiger partial charge in [0.2, 0.25) is 5.43 Å². The van der Waals surface area contributed by atoms with Gasteiger partial charge in [0.05, 0.1) is 36.7 Å². The lowest BCUT2D eigenvalue weighted by Crippen LogP contribution is -2.26. The fourth-order valence-electron chi connectivity index (χ4n) is 4.93. The van der Waals surface area contributed by atoms with Gasteiger partial charge in [-0.15, -0.1) is 0 Å². The minimum absolute atomic E-state index is 0.0757. The summed E-state index contributed by atoms with van der Waals surface area (Å²) in [7, 11) is 1.41. The van der Waals surface area contributed by atoms with E-state index in [1.807, 2.05) is 30.3 Å². The maximum absolute atomic E-state index is 13.3. The standard InChI is InChI=1S/C25H27N3O5/c1-4-32-25(30)20-21(26-14(2)23(31-3)22(20)29)17-11-15-7-5-6-8-18(15)27-24(17)28-12-16-9-10-33-19(16)13-28/h5-8,11,16,19H,4,9-10,12-13H2,1-3H3,(H,26,29)/t16-,19+/m1/s1. The molecule has 0 bridgehead atoms. The van der Waals surface area contributed by atoms with Gasteiger partial charge in [-0.25, -0.2) is 9.78 Å². The van der Waals surface area contributed by atoms with E-state index in [1.54, 1.807) is 13.8 Å². The minimum atomic E-state index is -0.687. The zero-order valence-electron chi connectivity index (χ0n) is 19.0. The highest BCUT2D eigenvalue weighted by atomic mass is 16.5. The normalized spacial score (nSPS) is 19.7. The van der Waals surface area contributed by atoms with Gasteiger partial charge in [-0.2, -0.15) is 0 Å². The molecule has 3 aromatic rings. The van der Waals surface area contributed by atoms with Crippen molar-refractivity contribution < 1.29 is 19.0 Å². The molecule has 0 spiro atoms. The van der Waals surface area contributed by atoms with E-state index in [2.05, 4.69) is 9.88 Å². The molecule has 1 aromatic carbocycles. The number of para-hydroxylation sites is 1. The highest BCUT2D eigenvalue weighted by Gasteiger charge is 2.39. The summed E-state index contributed by atoms with van der Waals surface area (Å²) < 4.78 is 16.5. The molecule has 172 valence electrons. The summed E-state index contributed by atoms with van der Waals surface area (Å²) in [5, 5.41) is 0.913. The molecule has 2 fully saturated rings. The number of rotatable bonds is 5. The smallest absolute Gasteiger partial charge is 0.344 e. The first-order valence-corrected chi connectivity index (χ1v) is 11.3. The Morgan fingerprint density at radius 3 is 2.88 bits per heavy atom. The third kappa shape index (κ3) is 3.64. The lowest BCUT2D eigenvalue weighted by atomic mass is 10.0. The Morgan fingerprint density at radius 2 is 2.12 bits per heavy atom. The second-order valence-electron chi connectivity index (χ2n) is 8.50. The Hall–Kier alpha value is -3.39. The second kappa shape index (κ2) is 8.51. The Balaban J connectivity index is 1.76. The summed E-state index contributed by atoms with van der Waals surface area (Å²) in [5.41, 5.74) is 1.88. The third-order valence-electron chi connectivity index (χ3n) is 6.49. The molecule has 0 radical (unpaired) electrons. The Morgan fingerprint density at radius 1 is 1.30 bits per heavy atom. The van der Waals surface area contributed by atoms with E-state index < -0.39 is 11.4 Å². The number of benzene rings is 1. The lowest BCUT2D eigenvalue weighted by molar-refractivity contribution is 0.0525. The van der Waals surface area contributed by atoms with Crippen LogP contribution < -0.4 is 15.1 Å². The summed E-state index contributed by atoms with van der Waals surface area (Å²) in [6, 6.07) is 9.80. The van der Waals surface area contributed by atoms with Crippen molar-refractivity contribution in [2.45, 2.75) is 26.4 Å². The molecule has 2 aliphatic heterocycles. The first kappa shape index (κ1) is 21.5. The van der Waals surface area contributed by atoms with Crippen LogP contribution in [0.15, 0.2) is 35.1 Å². The van der Waals surface area contributed by atoms with E-state index in [0.717, 1.165) is 42.8 Å². The van der Waals surface area contributed by atoms with E-state index in [0.29, 0.717) is 22.9 Å². The first-order chi connectivity index (χ1) is 16.0. The van der Waals surface area contributed by atoms with Crippen molar-refractivity contribution in [2.24, 2.45) is 5.92 Å². The number of methoxy groups -OCH3 is 1. The van der Waals surface area contributed by atoms with Crippen molar-refractivity contribution in [3.63, 3.8) is 0 Å². The number of carbonyl (C=O) groups excluding carboxylic acids is 1. The average molecular weight is 450 g/mol. The quantitative estimate of drug-likeness (QED) is 0.597. The number of nitrogens with one attached hydrogen (secondary N) is 1. The van der Waals surface area contributed by atoms with E-state index in [-0.39, 0.29) is 24.0 Å². The molecule has 5 rings (SSSR count). The van der Waals surface area contributed by atoms with Gasteiger partial charge >= 0.3 is 5.97 Å². The van der Waals surface area contributed by atoms with Crippen LogP contribution in [0.3, 0.4) is 0 Å². The molecule has 4 heterocycles. The van der Waals surface area contributed by atoms with Gasteiger partial charge in [0.25, 0.3) is 0 Å². The van der Waals surface area contributed by atoms with Crippen LogP contribution in [0.25, 0.3) is 22.2 Å². The van der Waals surface area contributed by atoms with Gasteiger partial charge in [-0.1, -0.05) is 18.2 Å². The lowest BCUT2D eigenvalue weighted by Gasteiger charge is -2.23. The minimum Gasteiger partial charge on any atom is -0.491 e. The number of nitrogens with zero attached hydrogens (tertiary/aromatic N) is 2. The van der Waals surface area contributed by atoms with Gasteiger partial charge in [0, 0.05) is 36.6 Å². The molecule has 8 nitrogen and oxygen atoms in total. The van der Waals surface area contributed by atoms with Gasteiger partial charge < -0.3 is 24.1 Å². The monoisotopic (exact) mass is 449 g/mol. The van der Waals surface area contributed by atoms with Crippen molar-refractivity contribution >= 4 is 22.7 Å². The molecule has 2 saturated heterocycles. The number of aromatic nitrogens is 2. The van der Waals surface area contributed by atoms with Crippen LogP contribution in [-0.2, 0) is 9.47 Å². The van der Waals surface area contributed by atoms with E-state index in [4.69, 9.17) is 19.2 Å². The number of ether oxygens (including phenoxy) is 3. The van der Waals surface area contributed by atoms with Crippen molar-refractivity contribution in [2.75, 3.05) is 38.3 Å². The van der Waals surface area contributed by atoms with Crippen molar-refractivity contribution in [1.82, 2.24) is 9.97 Å². The predicted molar refractivity (Wildman–Crippen MR) is 125 cm³/mol. The predicted octanol–water partition coefficient (Wildman–Crippen LogP) is 3.31. The van der Waals surface area contributed by atoms with Crippen LogP contribution in [-0.4, -0.2) is 55.5 Å². The zero-order chi connectivity index (χ0) is 23.1. The second-order valence-corrected chi connectivity index (χ2v) is 8.50. The van der Waals surface area contributed by atoms with Crippen LogP contribution in [0.2, 0.25) is 0 Å². The highest BCUT2D eigenvalue weighted by molar-refractivity contribution is 6.00. The van der Waals surface area contributed by atoms with Gasteiger partial charge in [0.15, 0.2) is 5.75 Å². The fourth-order valence-corrected chi connectivity index (χ4v) is 4.93. The molecule has 1 N–H and O–H groups in total. The molecule has 0 aliphatic carbocycles. The van der Waals surface area contributed by atoms with Crippen LogP contribution in [0, 0.1) is 12.8 Å². The number of pyridine rings is 2. The number of hydrogen-bond acceptors (Lipinski definition) is 7. The number of aryl methyl sites for hydroxylation is 1. The van der Waals surface area contributed by atoms with Gasteiger partial charge in [0.1, 0.15) is 11.4 Å². The zero-order valence-corrected chi connectivity index (χ0v) is 19.0. The first-order valence-electron chi connectivity index (χ1n) is 11.3. The average Bonchev–Trinajstić information content (AvgIpc) is 3.40. The molecule has 8 heteroatoms. The molecule has 33 heavy (non-hydrogen) atoms. The SMILES string of the molecule is CCOC(=O)c1c(-c2cc3ccccc3nc2N2C[C@H]3CCO[C@H]3C2)[nH]c(C)c(OC)c1=O. The molecule has 2 aliphatic rings. The summed E-state index contributed by atoms with van der Waals surface area (Å²) in [5.74, 6) is 0.582. The summed E-state index contributed by atoms with van der Waals surface area (Å²) in [4.78, 5) is 36.6. The maximum atomic E-state index is 13.3. The summed E-state index contributed by atoms with van der Waals surface area (Å²) >= 11 is 0. The number of hydrogen-bond donors (Lipinski definition) is 1. The third-order valence-corrected chi connectivity index (χ3v) is 6.49. The van der Waals surface area contributed by atoms with E-state index in [9.17, 15) is 9.59 Å². The van der Waals surface area contributed by atoms with Gasteiger partial charge in [-0.3, -0.25) is 4.79 Å². The number of aromatic amines is 1. The van der Waals surface area contributed by atoms with Gasteiger partial charge in [-0.05, 0) is 32.4 Å². The fraction of sp³-hybridized carbons (Fsp3) is 0.400. The molecule has 0 saturated carbocycles. The Labute approximate surface area is 191 Å². The number of esters is 1. The van der Waals surface area contributed by atoms with Crippen molar-refractivity contribution in [3.05, 3.63) is 51.8 Å². The van der Waals surface area contributed by atoms with Crippen LogP contribution in [0.4, 0.5) is 5.82 Å². The molecule has 2 atom stereocenters. The van der Waals surface area contributed by atoms with Crippen LogP contribution in [0.5, 0.6) is 5.75 Å². The highest BCUT2D eigenvalue weighted by Crippen LogP contribution is 2.38. The Bertz CT molecular complexity index is 1270. The topological polar surface area (TPSA) is 93.8 Å². The number of fused-ring (bicyclic) bond motifs is 2. The maximum Gasteiger partial charge on any atom is 0.344 e. The molecular weight excluding hydrogens is 422 g/mol. The summed E-state index contributed by atoms with van der Waals surface area (Å²) in [6.45, 7) is 5.95. The van der Waals surface area contributed by atoms with Crippen LogP contribution >= 0.6 is 0 Å². The van der Waals surface area contributed by atoms with Crippen LogP contribution in [0.1, 0.15) is 29.4 Å². The van der Waals surface area contributed by atoms with Crippen molar-refractivity contribution in [3.8, 4) is 17.0 Å². The molecule has 0 unspecified atom stereocenters. The molecular formula is C25H27N3O5. The van der Waals surface area contributed by atoms with E-state index in [1.165, 1.54) is 7.11 Å². The molecule has 2 aromatic heterocycles. The largest absolute Gasteiger partial charge is 0.491 e. The van der Waals surface area contributed by atoms with Crippen molar-refractivity contribution in [1.29, 1.82) is 0 Å². The van der Waals surface area contributed by atoms with E-state index >= 15 is 0 Å².